The fourth-order valence-electron chi connectivity index (χ4n) is 3.52. The molecule has 0 fully saturated rings. The Bertz CT molecular complexity index is 968. The molecule has 1 aliphatic heterocycles. The van der Waals surface area contributed by atoms with Crippen LogP contribution in [0.4, 0.5) is 5.82 Å². The fraction of sp³-hybridized carbons (Fsp3) is 0.350. The molecule has 3 heterocycles. The number of hydrogen-bond donors (Lipinski definition) is 1. The van der Waals surface area contributed by atoms with E-state index in [9.17, 15) is 0 Å². The Labute approximate surface area is 159 Å². The molecule has 0 saturated carbocycles. The van der Waals surface area contributed by atoms with Gasteiger partial charge in [0.1, 0.15) is 33.3 Å². The second-order valence-electron chi connectivity index (χ2n) is 7.84. The Morgan fingerprint density at radius 1 is 1.11 bits per heavy atom. The third kappa shape index (κ3) is 3.38. The summed E-state index contributed by atoms with van der Waals surface area (Å²) in [6, 6.07) is 6.19. The number of benzene rings is 1. The summed E-state index contributed by atoms with van der Waals surface area (Å²) in [7, 11) is 5.98. The molecule has 0 aliphatic carbocycles. The summed E-state index contributed by atoms with van der Waals surface area (Å²) in [4.78, 5) is 17.3. The van der Waals surface area contributed by atoms with Gasteiger partial charge >= 0.3 is 0 Å². The van der Waals surface area contributed by atoms with Crippen molar-refractivity contribution in [3.05, 3.63) is 53.2 Å². The first-order valence-electron chi connectivity index (χ1n) is 9.01. The average molecular weight is 365 g/mol. The summed E-state index contributed by atoms with van der Waals surface area (Å²) in [5, 5.41) is 7.20. The molecule has 1 aromatic carbocycles. The first-order chi connectivity index (χ1) is 12.8. The van der Waals surface area contributed by atoms with Gasteiger partial charge in [0, 0.05) is 17.7 Å². The second kappa shape index (κ2) is 6.35. The van der Waals surface area contributed by atoms with Crippen LogP contribution in [-0.2, 0) is 13.1 Å². The highest BCUT2D eigenvalue weighted by Crippen LogP contribution is 2.37. The van der Waals surface area contributed by atoms with E-state index in [1.165, 1.54) is 5.56 Å². The van der Waals surface area contributed by atoms with Crippen LogP contribution in [0.2, 0.25) is 0 Å². The predicted octanol–water partition coefficient (Wildman–Crippen LogP) is 3.00. The van der Waals surface area contributed by atoms with Crippen molar-refractivity contribution in [3.8, 4) is 16.9 Å². The number of hydrogen-bond acceptors (Lipinski definition) is 5. The summed E-state index contributed by atoms with van der Waals surface area (Å²) < 4.78 is 0.414. The van der Waals surface area contributed by atoms with Gasteiger partial charge in [0.05, 0.1) is 24.1 Å². The van der Waals surface area contributed by atoms with E-state index in [-0.39, 0.29) is 0 Å². The van der Waals surface area contributed by atoms with Crippen LogP contribution in [0, 0.1) is 13.8 Å². The highest BCUT2D eigenvalue weighted by atomic mass is 16.7. The maximum Gasteiger partial charge on any atom is 0.190 e. The number of nitrogens with zero attached hydrogens (tertiary/aromatic N) is 5. The van der Waals surface area contributed by atoms with Gasteiger partial charge in [-0.3, -0.25) is 5.10 Å². The third-order valence-electron chi connectivity index (χ3n) is 4.68. The van der Waals surface area contributed by atoms with Crippen molar-refractivity contribution < 1.29 is 9.48 Å². The van der Waals surface area contributed by atoms with Gasteiger partial charge in [0.25, 0.3) is 0 Å². The number of nitrogens with one attached hydrogen (secondary N) is 1. The molecule has 3 aromatic rings. The monoisotopic (exact) mass is 365 g/mol. The number of H-pyrrole nitrogens is 1. The first kappa shape index (κ1) is 17.5. The number of rotatable bonds is 4. The zero-order chi connectivity index (χ0) is 19.2. The molecule has 27 heavy (non-hydrogen) atoms. The second-order valence-corrected chi connectivity index (χ2v) is 7.84. The number of fused-ring (bicyclic) bond motifs is 1. The van der Waals surface area contributed by atoms with Crippen LogP contribution in [-0.4, -0.2) is 46.0 Å². The standard InChI is InChI=1S/C20H25N6O/c1-13-8-16(27-26(3,4)5)6-7-17(13)19-14(2)21-12-22-20(19)25-10-15-9-23-24-18(15)11-25/h6-9,12H,10-11H2,1-5H3,(H,23,24)/q+1. The summed E-state index contributed by atoms with van der Waals surface area (Å²) in [6.07, 6.45) is 3.54. The molecule has 0 amide bonds. The third-order valence-corrected chi connectivity index (χ3v) is 4.68. The molecule has 7 nitrogen and oxygen atoms in total. The van der Waals surface area contributed by atoms with Crippen LogP contribution >= 0.6 is 0 Å². The molecule has 0 bridgehead atoms. The lowest BCUT2D eigenvalue weighted by molar-refractivity contribution is -1.03. The zero-order valence-electron chi connectivity index (χ0n) is 16.4. The van der Waals surface area contributed by atoms with Crippen molar-refractivity contribution in [2.24, 2.45) is 0 Å². The van der Waals surface area contributed by atoms with Crippen molar-refractivity contribution in [1.82, 2.24) is 20.2 Å². The van der Waals surface area contributed by atoms with Crippen molar-refractivity contribution in [3.63, 3.8) is 0 Å². The Kier molecular flexibility index (Phi) is 4.11. The largest absolute Gasteiger partial charge is 0.346 e. The van der Waals surface area contributed by atoms with E-state index in [2.05, 4.69) is 44.1 Å². The lowest BCUT2D eigenvalue weighted by Crippen LogP contribution is -2.38. The molecule has 4 rings (SSSR count). The number of aromatic nitrogens is 4. The molecule has 1 aliphatic rings. The highest BCUT2D eigenvalue weighted by molar-refractivity contribution is 5.80. The quantitative estimate of drug-likeness (QED) is 0.569. The molecule has 140 valence electrons. The van der Waals surface area contributed by atoms with Crippen molar-refractivity contribution in [2.75, 3.05) is 26.0 Å². The van der Waals surface area contributed by atoms with E-state index in [0.717, 1.165) is 52.7 Å². The van der Waals surface area contributed by atoms with Crippen molar-refractivity contribution in [1.29, 1.82) is 0 Å². The molecule has 0 atom stereocenters. The minimum Gasteiger partial charge on any atom is -0.346 e. The van der Waals surface area contributed by atoms with Crippen molar-refractivity contribution in [2.45, 2.75) is 26.9 Å². The molecule has 0 saturated heterocycles. The number of quaternary nitrogens is 1. The smallest absolute Gasteiger partial charge is 0.190 e. The Balaban J connectivity index is 1.73. The number of hydroxylamine groups is 3. The van der Waals surface area contributed by atoms with Gasteiger partial charge in [0.2, 0.25) is 0 Å². The van der Waals surface area contributed by atoms with Gasteiger partial charge in [-0.05, 0) is 43.2 Å². The number of aromatic amines is 1. The minimum absolute atomic E-state index is 0.414. The maximum absolute atomic E-state index is 5.95. The number of anilines is 1. The van der Waals surface area contributed by atoms with Crippen LogP contribution < -0.4 is 9.74 Å². The first-order valence-corrected chi connectivity index (χ1v) is 9.01. The minimum atomic E-state index is 0.414. The predicted molar refractivity (Wildman–Crippen MR) is 104 cm³/mol. The van der Waals surface area contributed by atoms with E-state index >= 15 is 0 Å². The zero-order valence-corrected chi connectivity index (χ0v) is 16.4. The van der Waals surface area contributed by atoms with Gasteiger partial charge in [-0.15, -0.1) is 4.65 Å². The van der Waals surface area contributed by atoms with Crippen LogP contribution in [0.5, 0.6) is 5.75 Å². The van der Waals surface area contributed by atoms with Gasteiger partial charge in [-0.25, -0.2) is 9.97 Å². The Morgan fingerprint density at radius 2 is 1.93 bits per heavy atom. The normalized spacial score (nSPS) is 13.7. The summed E-state index contributed by atoms with van der Waals surface area (Å²) >= 11 is 0. The Hall–Kier alpha value is -2.93. The molecule has 0 radical (unpaired) electrons. The average Bonchev–Trinajstić information content (AvgIpc) is 3.15. The van der Waals surface area contributed by atoms with Crippen LogP contribution in [0.3, 0.4) is 0 Å². The van der Waals surface area contributed by atoms with E-state index in [1.54, 1.807) is 6.33 Å². The Morgan fingerprint density at radius 3 is 2.63 bits per heavy atom. The van der Waals surface area contributed by atoms with Gasteiger partial charge in [0.15, 0.2) is 5.75 Å². The van der Waals surface area contributed by atoms with Gasteiger partial charge < -0.3 is 9.74 Å². The molecule has 2 aromatic heterocycles. The fourth-order valence-corrected chi connectivity index (χ4v) is 3.52. The van der Waals surface area contributed by atoms with E-state index in [0.29, 0.717) is 4.65 Å². The van der Waals surface area contributed by atoms with Crippen molar-refractivity contribution >= 4 is 5.82 Å². The summed E-state index contributed by atoms with van der Waals surface area (Å²) in [5.41, 5.74) is 6.69. The molecule has 0 unspecified atom stereocenters. The summed E-state index contributed by atoms with van der Waals surface area (Å²) in [6.45, 7) is 5.72. The van der Waals surface area contributed by atoms with Crippen LogP contribution in [0.1, 0.15) is 22.5 Å². The van der Waals surface area contributed by atoms with Crippen LogP contribution in [0.25, 0.3) is 11.1 Å². The SMILES string of the molecule is Cc1cc(O[N+](C)(C)C)ccc1-c1c(C)ncnc1N1Cc2cn[nH]c2C1. The van der Waals surface area contributed by atoms with Crippen LogP contribution in [0.15, 0.2) is 30.7 Å². The van der Waals surface area contributed by atoms with Gasteiger partial charge in [-0.2, -0.15) is 5.10 Å². The molecule has 1 N–H and O–H groups in total. The topological polar surface area (TPSA) is 66.9 Å². The van der Waals surface area contributed by atoms with Gasteiger partial charge in [-0.1, -0.05) is 0 Å². The molecule has 7 heteroatoms. The lowest BCUT2D eigenvalue weighted by atomic mass is 9.99. The van der Waals surface area contributed by atoms with E-state index < -0.39 is 0 Å². The lowest BCUT2D eigenvalue weighted by Gasteiger charge is -2.24. The number of aryl methyl sites for hydroxylation is 2. The van der Waals surface area contributed by atoms with E-state index in [4.69, 9.17) is 4.84 Å². The molecule has 0 spiro atoms. The van der Waals surface area contributed by atoms with E-state index in [1.807, 2.05) is 40.3 Å². The maximum atomic E-state index is 5.95. The highest BCUT2D eigenvalue weighted by Gasteiger charge is 2.26. The molecular formula is C20H25N6O+. The summed E-state index contributed by atoms with van der Waals surface area (Å²) in [5.74, 6) is 1.80. The molecular weight excluding hydrogens is 340 g/mol.